The third-order valence-electron chi connectivity index (χ3n) is 4.32. The summed E-state index contributed by atoms with van der Waals surface area (Å²) in [7, 11) is 0. The van der Waals surface area contributed by atoms with E-state index in [1.165, 1.54) is 9.70 Å². The maximum absolute atomic E-state index is 12.3. The minimum Gasteiger partial charge on any atom is -0.376 e. The van der Waals surface area contributed by atoms with Gasteiger partial charge in [-0.15, -0.1) is 10.2 Å². The van der Waals surface area contributed by atoms with Crippen LogP contribution >= 0.6 is 0 Å². The SMILES string of the molecule is O=C1c2ccccc2C(=O)N1CCc1nnn(C[C@H]2CCCO2)n1. The molecule has 1 aromatic carbocycles. The number of fused-ring (bicyclic) bond motifs is 1. The van der Waals surface area contributed by atoms with Gasteiger partial charge in [0.15, 0.2) is 5.82 Å². The van der Waals surface area contributed by atoms with Crippen molar-refractivity contribution in [2.45, 2.75) is 31.9 Å². The van der Waals surface area contributed by atoms with E-state index in [9.17, 15) is 9.59 Å². The molecule has 1 saturated heterocycles. The summed E-state index contributed by atoms with van der Waals surface area (Å²) in [6, 6.07) is 6.86. The first-order chi connectivity index (χ1) is 11.7. The number of rotatable bonds is 5. The number of aromatic nitrogens is 4. The van der Waals surface area contributed by atoms with Gasteiger partial charge in [-0.25, -0.2) is 0 Å². The maximum atomic E-state index is 12.3. The highest BCUT2D eigenvalue weighted by molar-refractivity contribution is 6.21. The van der Waals surface area contributed by atoms with Gasteiger partial charge in [0, 0.05) is 19.6 Å². The van der Waals surface area contributed by atoms with Gasteiger partial charge in [-0.3, -0.25) is 14.5 Å². The molecule has 3 heterocycles. The topological polar surface area (TPSA) is 90.2 Å². The van der Waals surface area contributed by atoms with E-state index in [0.717, 1.165) is 19.4 Å². The van der Waals surface area contributed by atoms with Crippen molar-refractivity contribution >= 4 is 11.8 Å². The van der Waals surface area contributed by atoms with Crippen molar-refractivity contribution in [3.05, 3.63) is 41.2 Å². The van der Waals surface area contributed by atoms with E-state index in [0.29, 0.717) is 29.9 Å². The zero-order valence-corrected chi connectivity index (χ0v) is 13.1. The molecular weight excluding hydrogens is 310 g/mol. The number of hydrogen-bond donors (Lipinski definition) is 0. The van der Waals surface area contributed by atoms with Crippen LogP contribution in [0.5, 0.6) is 0 Å². The van der Waals surface area contributed by atoms with Crippen molar-refractivity contribution < 1.29 is 14.3 Å². The molecule has 2 aliphatic heterocycles. The first-order valence-electron chi connectivity index (χ1n) is 8.06. The van der Waals surface area contributed by atoms with Crippen LogP contribution in [0.15, 0.2) is 24.3 Å². The van der Waals surface area contributed by atoms with Gasteiger partial charge >= 0.3 is 0 Å². The standard InChI is InChI=1S/C16H17N5O3/c22-15-12-5-1-2-6-13(12)16(23)20(15)8-7-14-17-19-21(18-14)10-11-4-3-9-24-11/h1-2,5-6,11H,3-4,7-10H2/t11-/m1/s1. The third-order valence-corrected chi connectivity index (χ3v) is 4.32. The summed E-state index contributed by atoms with van der Waals surface area (Å²) in [5.74, 6) is -0.00533. The Kier molecular flexibility index (Phi) is 3.81. The van der Waals surface area contributed by atoms with E-state index in [1.807, 2.05) is 0 Å². The molecule has 8 nitrogen and oxygen atoms in total. The molecule has 124 valence electrons. The fraction of sp³-hybridized carbons (Fsp3) is 0.438. The van der Waals surface area contributed by atoms with Crippen LogP contribution in [0.2, 0.25) is 0 Å². The fourth-order valence-corrected chi connectivity index (χ4v) is 3.08. The molecule has 1 atom stereocenters. The van der Waals surface area contributed by atoms with E-state index < -0.39 is 0 Å². The number of imide groups is 1. The molecule has 1 aromatic heterocycles. The van der Waals surface area contributed by atoms with Crippen LogP contribution in [0, 0.1) is 0 Å². The first-order valence-corrected chi connectivity index (χ1v) is 8.06. The number of nitrogens with zero attached hydrogens (tertiary/aromatic N) is 5. The average molecular weight is 327 g/mol. The number of benzene rings is 1. The Bertz CT molecular complexity index is 747. The molecule has 24 heavy (non-hydrogen) atoms. The Hall–Kier alpha value is -2.61. The minimum absolute atomic E-state index is 0.142. The summed E-state index contributed by atoms with van der Waals surface area (Å²) in [5.41, 5.74) is 0.912. The molecular formula is C16H17N5O3. The lowest BCUT2D eigenvalue weighted by Gasteiger charge is -2.11. The lowest BCUT2D eigenvalue weighted by Crippen LogP contribution is -2.32. The summed E-state index contributed by atoms with van der Waals surface area (Å²) in [6.45, 7) is 1.62. The summed E-state index contributed by atoms with van der Waals surface area (Å²) < 4.78 is 5.55. The zero-order chi connectivity index (χ0) is 16.5. The van der Waals surface area contributed by atoms with Gasteiger partial charge in [-0.05, 0) is 30.2 Å². The average Bonchev–Trinajstić information content (AvgIpc) is 3.31. The molecule has 0 spiro atoms. The van der Waals surface area contributed by atoms with Crippen molar-refractivity contribution in [1.82, 2.24) is 25.1 Å². The van der Waals surface area contributed by atoms with Crippen LogP contribution in [0.1, 0.15) is 39.4 Å². The second kappa shape index (κ2) is 6.12. The van der Waals surface area contributed by atoms with Crippen LogP contribution in [-0.2, 0) is 17.7 Å². The quantitative estimate of drug-likeness (QED) is 0.751. The molecule has 1 fully saturated rings. The number of ether oxygens (including phenoxy) is 1. The van der Waals surface area contributed by atoms with Crippen LogP contribution in [0.4, 0.5) is 0 Å². The number of amides is 2. The number of tetrazole rings is 1. The highest BCUT2D eigenvalue weighted by Gasteiger charge is 2.34. The molecule has 2 aromatic rings. The lowest BCUT2D eigenvalue weighted by atomic mass is 10.1. The Balaban J connectivity index is 1.38. The number of hydrogen-bond acceptors (Lipinski definition) is 6. The number of carbonyl (C=O) groups is 2. The minimum atomic E-state index is -0.262. The number of carbonyl (C=O) groups excluding carboxylic acids is 2. The molecule has 2 aliphatic rings. The third kappa shape index (κ3) is 2.69. The normalized spacial score (nSPS) is 20.0. The smallest absolute Gasteiger partial charge is 0.261 e. The van der Waals surface area contributed by atoms with Gasteiger partial charge in [0.2, 0.25) is 0 Å². The van der Waals surface area contributed by atoms with Crippen molar-refractivity contribution in [3.8, 4) is 0 Å². The van der Waals surface area contributed by atoms with Crippen molar-refractivity contribution in [2.24, 2.45) is 0 Å². The van der Waals surface area contributed by atoms with Gasteiger partial charge in [0.25, 0.3) is 11.8 Å². The Morgan fingerprint density at radius 3 is 2.58 bits per heavy atom. The Morgan fingerprint density at radius 1 is 1.17 bits per heavy atom. The van der Waals surface area contributed by atoms with Gasteiger partial charge in [0.1, 0.15) is 0 Å². The van der Waals surface area contributed by atoms with Crippen LogP contribution in [-0.4, -0.2) is 56.2 Å². The van der Waals surface area contributed by atoms with Gasteiger partial charge in [-0.2, -0.15) is 4.80 Å². The second-order valence-electron chi connectivity index (χ2n) is 5.95. The fourth-order valence-electron chi connectivity index (χ4n) is 3.08. The van der Waals surface area contributed by atoms with Crippen LogP contribution in [0.25, 0.3) is 0 Å². The predicted molar refractivity (Wildman–Crippen MR) is 82.3 cm³/mol. The van der Waals surface area contributed by atoms with Gasteiger partial charge < -0.3 is 4.74 Å². The molecule has 0 unspecified atom stereocenters. The maximum Gasteiger partial charge on any atom is 0.261 e. The van der Waals surface area contributed by atoms with E-state index in [-0.39, 0.29) is 24.5 Å². The van der Waals surface area contributed by atoms with Crippen molar-refractivity contribution in [3.63, 3.8) is 0 Å². The summed E-state index contributed by atoms with van der Waals surface area (Å²) >= 11 is 0. The second-order valence-corrected chi connectivity index (χ2v) is 5.95. The monoisotopic (exact) mass is 327 g/mol. The predicted octanol–water partition coefficient (Wildman–Crippen LogP) is 0.691. The molecule has 4 rings (SSSR count). The molecule has 0 bridgehead atoms. The molecule has 0 aliphatic carbocycles. The summed E-state index contributed by atoms with van der Waals surface area (Å²) in [4.78, 5) is 27.3. The van der Waals surface area contributed by atoms with E-state index in [1.54, 1.807) is 24.3 Å². The van der Waals surface area contributed by atoms with E-state index in [2.05, 4.69) is 15.4 Å². The highest BCUT2D eigenvalue weighted by Crippen LogP contribution is 2.22. The molecule has 2 amide bonds. The first kappa shape index (κ1) is 14.9. The highest BCUT2D eigenvalue weighted by atomic mass is 16.5. The largest absolute Gasteiger partial charge is 0.376 e. The van der Waals surface area contributed by atoms with E-state index >= 15 is 0 Å². The molecule has 8 heteroatoms. The summed E-state index contributed by atoms with van der Waals surface area (Å²) in [5, 5.41) is 12.3. The van der Waals surface area contributed by atoms with Crippen molar-refractivity contribution in [1.29, 1.82) is 0 Å². The molecule has 0 saturated carbocycles. The van der Waals surface area contributed by atoms with Gasteiger partial charge in [-0.1, -0.05) is 12.1 Å². The van der Waals surface area contributed by atoms with Crippen LogP contribution in [0.3, 0.4) is 0 Å². The molecule has 0 N–H and O–H groups in total. The summed E-state index contributed by atoms with van der Waals surface area (Å²) in [6.07, 6.45) is 2.60. The van der Waals surface area contributed by atoms with Crippen molar-refractivity contribution in [2.75, 3.05) is 13.2 Å². The van der Waals surface area contributed by atoms with Crippen LogP contribution < -0.4 is 0 Å². The molecule has 0 radical (unpaired) electrons. The zero-order valence-electron chi connectivity index (χ0n) is 13.1. The Labute approximate surface area is 138 Å². The lowest BCUT2D eigenvalue weighted by molar-refractivity contribution is 0.0655. The Morgan fingerprint density at radius 2 is 1.92 bits per heavy atom. The van der Waals surface area contributed by atoms with E-state index in [4.69, 9.17) is 4.74 Å². The van der Waals surface area contributed by atoms with Gasteiger partial charge in [0.05, 0.1) is 23.8 Å².